The van der Waals surface area contributed by atoms with Gasteiger partial charge in [0.1, 0.15) is 6.29 Å². The van der Waals surface area contributed by atoms with Crippen molar-refractivity contribution in [1.29, 1.82) is 0 Å². The summed E-state index contributed by atoms with van der Waals surface area (Å²) >= 11 is 6.00. The van der Waals surface area contributed by atoms with Crippen LogP contribution in [0.2, 0.25) is 5.02 Å². The van der Waals surface area contributed by atoms with Crippen LogP contribution < -0.4 is 0 Å². The minimum Gasteiger partial charge on any atom is -0.366 e. The van der Waals surface area contributed by atoms with Crippen LogP contribution in [0.15, 0.2) is 60.8 Å². The van der Waals surface area contributed by atoms with Gasteiger partial charge in [-0.05, 0) is 41.3 Å². The third-order valence-electron chi connectivity index (χ3n) is 3.86. The van der Waals surface area contributed by atoms with Crippen LogP contribution in [0.5, 0.6) is 0 Å². The molecule has 0 saturated carbocycles. The molecule has 0 aromatic heterocycles. The van der Waals surface area contributed by atoms with E-state index in [9.17, 15) is 4.79 Å². The maximum atomic E-state index is 10.7. The number of allylic oxidation sites excluding steroid dienone is 1. The second-order valence-electron chi connectivity index (χ2n) is 5.12. The van der Waals surface area contributed by atoms with Crippen LogP contribution in [-0.4, -0.2) is 17.7 Å². The molecule has 106 valence electrons. The lowest BCUT2D eigenvalue weighted by Gasteiger charge is -2.37. The molecule has 1 unspecified atom stereocenters. The largest absolute Gasteiger partial charge is 0.366 e. The van der Waals surface area contributed by atoms with Gasteiger partial charge in [0.2, 0.25) is 0 Å². The number of carbonyl (C=O) groups is 1. The number of rotatable bonds is 3. The number of carbonyl (C=O) groups excluding carboxylic acids is 1. The molecule has 0 aliphatic carbocycles. The van der Waals surface area contributed by atoms with Gasteiger partial charge in [-0.2, -0.15) is 0 Å². The van der Waals surface area contributed by atoms with Crippen LogP contribution in [0.3, 0.4) is 0 Å². The van der Waals surface area contributed by atoms with E-state index < -0.39 is 0 Å². The average molecular weight is 298 g/mol. The number of halogens is 1. The van der Waals surface area contributed by atoms with Crippen molar-refractivity contribution in [2.24, 2.45) is 0 Å². The van der Waals surface area contributed by atoms with Gasteiger partial charge in [0.25, 0.3) is 0 Å². The van der Waals surface area contributed by atoms with E-state index in [0.29, 0.717) is 0 Å². The van der Waals surface area contributed by atoms with Crippen LogP contribution in [0, 0.1) is 0 Å². The number of fused-ring (bicyclic) bond motifs is 1. The van der Waals surface area contributed by atoms with Crippen molar-refractivity contribution in [3.63, 3.8) is 0 Å². The third kappa shape index (κ3) is 2.86. The van der Waals surface area contributed by atoms with Gasteiger partial charge in [0, 0.05) is 17.8 Å². The number of hydrogen-bond acceptors (Lipinski definition) is 2. The summed E-state index contributed by atoms with van der Waals surface area (Å²) in [5.41, 5.74) is 3.84. The lowest BCUT2D eigenvalue weighted by atomic mass is 9.88. The van der Waals surface area contributed by atoms with Crippen LogP contribution in [0.25, 0.3) is 0 Å². The molecule has 0 fully saturated rings. The molecule has 0 radical (unpaired) electrons. The van der Waals surface area contributed by atoms with Gasteiger partial charge in [-0.25, -0.2) is 0 Å². The Kier molecular flexibility index (Phi) is 4.07. The summed E-state index contributed by atoms with van der Waals surface area (Å²) in [7, 11) is 0. The molecule has 2 aromatic rings. The Morgan fingerprint density at radius 1 is 1.10 bits per heavy atom. The molecule has 1 aliphatic rings. The molecule has 0 amide bonds. The fraction of sp³-hybridized carbons (Fsp3) is 0.167. The average Bonchev–Trinajstić information content (AvgIpc) is 2.53. The Bertz CT molecular complexity index is 663. The van der Waals surface area contributed by atoms with E-state index in [0.717, 1.165) is 24.3 Å². The number of aldehydes is 1. The lowest BCUT2D eigenvalue weighted by molar-refractivity contribution is -0.104. The van der Waals surface area contributed by atoms with E-state index >= 15 is 0 Å². The van der Waals surface area contributed by atoms with Crippen molar-refractivity contribution in [1.82, 2.24) is 4.90 Å². The van der Waals surface area contributed by atoms with Crippen molar-refractivity contribution in [2.75, 3.05) is 6.54 Å². The van der Waals surface area contributed by atoms with Gasteiger partial charge >= 0.3 is 0 Å². The predicted octanol–water partition coefficient (Wildman–Crippen LogP) is 4.00. The highest BCUT2D eigenvalue weighted by Gasteiger charge is 2.26. The fourth-order valence-electron chi connectivity index (χ4n) is 2.91. The zero-order valence-electron chi connectivity index (χ0n) is 11.6. The van der Waals surface area contributed by atoms with Crippen molar-refractivity contribution in [3.8, 4) is 0 Å². The SMILES string of the molecule is O=CC=CN1CCc2ccccc2C1c1ccc(Cl)cc1. The predicted molar refractivity (Wildman–Crippen MR) is 85.4 cm³/mol. The number of benzene rings is 2. The summed E-state index contributed by atoms with van der Waals surface area (Å²) < 4.78 is 0. The first kappa shape index (κ1) is 13.9. The molecule has 3 heteroatoms. The van der Waals surface area contributed by atoms with Gasteiger partial charge in [-0.1, -0.05) is 48.0 Å². The highest BCUT2D eigenvalue weighted by molar-refractivity contribution is 6.30. The molecule has 3 rings (SSSR count). The van der Waals surface area contributed by atoms with Gasteiger partial charge in [0.15, 0.2) is 0 Å². The Balaban J connectivity index is 2.07. The Morgan fingerprint density at radius 3 is 2.62 bits per heavy atom. The molecular weight excluding hydrogens is 282 g/mol. The molecule has 0 saturated heterocycles. The summed E-state index contributed by atoms with van der Waals surface area (Å²) in [6, 6.07) is 16.5. The quantitative estimate of drug-likeness (QED) is 0.630. The molecular formula is C18H16ClNO. The van der Waals surface area contributed by atoms with Crippen molar-refractivity contribution in [3.05, 3.63) is 82.5 Å². The molecule has 1 atom stereocenters. The standard InChI is InChI=1S/C18H16ClNO/c19-16-8-6-15(7-9-16)18-17-5-2-1-4-14(17)10-12-20(18)11-3-13-21/h1-9,11,13,18H,10,12H2. The fourth-order valence-corrected chi connectivity index (χ4v) is 3.03. The zero-order chi connectivity index (χ0) is 14.7. The van der Waals surface area contributed by atoms with Crippen LogP contribution >= 0.6 is 11.6 Å². The van der Waals surface area contributed by atoms with Gasteiger partial charge < -0.3 is 4.90 Å². The van der Waals surface area contributed by atoms with E-state index in [2.05, 4.69) is 41.3 Å². The van der Waals surface area contributed by atoms with E-state index in [-0.39, 0.29) is 6.04 Å². The molecule has 0 N–H and O–H groups in total. The molecule has 2 nitrogen and oxygen atoms in total. The van der Waals surface area contributed by atoms with E-state index in [4.69, 9.17) is 11.6 Å². The third-order valence-corrected chi connectivity index (χ3v) is 4.11. The van der Waals surface area contributed by atoms with Gasteiger partial charge in [0.05, 0.1) is 6.04 Å². The lowest BCUT2D eigenvalue weighted by Crippen LogP contribution is -2.32. The first-order chi connectivity index (χ1) is 10.3. The molecule has 0 spiro atoms. The molecule has 21 heavy (non-hydrogen) atoms. The van der Waals surface area contributed by atoms with Crippen molar-refractivity contribution < 1.29 is 4.79 Å². The zero-order valence-corrected chi connectivity index (χ0v) is 12.3. The molecule has 2 aromatic carbocycles. The summed E-state index contributed by atoms with van der Waals surface area (Å²) in [6.07, 6.45) is 5.24. The van der Waals surface area contributed by atoms with Crippen LogP contribution in [0.1, 0.15) is 22.7 Å². The monoisotopic (exact) mass is 297 g/mol. The number of nitrogens with zero attached hydrogens (tertiary/aromatic N) is 1. The Labute approximate surface area is 129 Å². The minimum atomic E-state index is 0.128. The summed E-state index contributed by atoms with van der Waals surface area (Å²) in [5, 5.41) is 0.734. The number of hydrogen-bond donors (Lipinski definition) is 0. The maximum absolute atomic E-state index is 10.7. The van der Waals surface area contributed by atoms with E-state index in [1.54, 1.807) is 6.08 Å². The molecule has 1 aliphatic heterocycles. The Morgan fingerprint density at radius 2 is 1.86 bits per heavy atom. The second kappa shape index (κ2) is 6.15. The van der Waals surface area contributed by atoms with Crippen LogP contribution in [0.4, 0.5) is 0 Å². The smallest absolute Gasteiger partial charge is 0.144 e. The first-order valence-corrected chi connectivity index (χ1v) is 7.38. The van der Waals surface area contributed by atoms with Crippen molar-refractivity contribution >= 4 is 17.9 Å². The van der Waals surface area contributed by atoms with Gasteiger partial charge in [-0.15, -0.1) is 0 Å². The second-order valence-corrected chi connectivity index (χ2v) is 5.55. The molecule has 1 heterocycles. The first-order valence-electron chi connectivity index (χ1n) is 7.00. The molecule has 0 bridgehead atoms. The van der Waals surface area contributed by atoms with E-state index in [1.165, 1.54) is 16.7 Å². The highest BCUT2D eigenvalue weighted by Crippen LogP contribution is 2.35. The van der Waals surface area contributed by atoms with Crippen LogP contribution in [-0.2, 0) is 11.2 Å². The topological polar surface area (TPSA) is 20.3 Å². The summed E-state index contributed by atoms with van der Waals surface area (Å²) in [6.45, 7) is 0.897. The minimum absolute atomic E-state index is 0.128. The Hall–Kier alpha value is -2.06. The highest BCUT2D eigenvalue weighted by atomic mass is 35.5. The summed E-state index contributed by atoms with van der Waals surface area (Å²) in [4.78, 5) is 12.9. The van der Waals surface area contributed by atoms with E-state index in [1.807, 2.05) is 18.3 Å². The summed E-state index contributed by atoms with van der Waals surface area (Å²) in [5.74, 6) is 0. The van der Waals surface area contributed by atoms with Crippen molar-refractivity contribution in [2.45, 2.75) is 12.5 Å². The maximum Gasteiger partial charge on any atom is 0.144 e. The van der Waals surface area contributed by atoms with Gasteiger partial charge in [-0.3, -0.25) is 4.79 Å². The normalized spacial score (nSPS) is 17.8.